The van der Waals surface area contributed by atoms with Gasteiger partial charge >= 0.3 is 5.97 Å². The molecular weight excluding hydrogens is 487 g/mol. The van der Waals surface area contributed by atoms with Gasteiger partial charge in [-0.25, -0.2) is 0 Å². The molecule has 8 nitrogen and oxygen atoms in total. The van der Waals surface area contributed by atoms with Gasteiger partial charge in [-0.05, 0) is 13.8 Å². The molecule has 0 aromatic rings. The number of carbonyl (C=O) groups excluding carboxylic acids is 3. The molecule has 0 spiro atoms. The van der Waals surface area contributed by atoms with Crippen molar-refractivity contribution in [2.45, 2.75) is 25.9 Å². The number of rotatable bonds is 7. The first kappa shape index (κ1) is 17.3. The van der Waals surface area contributed by atoms with Crippen LogP contribution in [-0.2, 0) is 19.2 Å². The van der Waals surface area contributed by atoms with Crippen molar-refractivity contribution in [1.29, 1.82) is 0 Å². The van der Waals surface area contributed by atoms with Crippen molar-refractivity contribution in [2.24, 2.45) is 0 Å². The third kappa shape index (κ3) is 6.38. The quantitative estimate of drug-likeness (QED) is 0.232. The Balaban J connectivity index is 0. The molecule has 0 aliphatic rings. The van der Waals surface area contributed by atoms with Crippen molar-refractivity contribution in [2.75, 3.05) is 6.54 Å². The molecule has 0 aliphatic heterocycles. The van der Waals surface area contributed by atoms with Gasteiger partial charge in [0.15, 0.2) is 0 Å². The van der Waals surface area contributed by atoms with Crippen molar-refractivity contribution < 1.29 is 24.3 Å². The van der Waals surface area contributed by atoms with Crippen molar-refractivity contribution in [3.63, 3.8) is 0 Å². The van der Waals surface area contributed by atoms with Gasteiger partial charge in [0.2, 0.25) is 11.8 Å². The van der Waals surface area contributed by atoms with Crippen LogP contribution in [0.3, 0.4) is 0 Å². The maximum atomic E-state index is 11.2. The van der Waals surface area contributed by atoms with Crippen LogP contribution in [0.4, 0.5) is 0 Å². The van der Waals surface area contributed by atoms with Gasteiger partial charge in [-0.1, -0.05) is 0 Å². The van der Waals surface area contributed by atoms with E-state index < -0.39 is 29.9 Å². The Morgan fingerprint density at radius 1 is 1.22 bits per heavy atom. The van der Waals surface area contributed by atoms with Crippen molar-refractivity contribution in [3.05, 3.63) is 0 Å². The second-order valence-electron chi connectivity index (χ2n) is 3.31. The van der Waals surface area contributed by atoms with E-state index in [0.29, 0.717) is 0 Å². The van der Waals surface area contributed by atoms with Crippen LogP contribution >= 0.6 is 0 Å². The Labute approximate surface area is 97.7 Å². The molecule has 0 fully saturated rings. The number of hydrogen-bond donors (Lipinski definition) is 4. The first-order chi connectivity index (χ1) is 7.88. The van der Waals surface area contributed by atoms with E-state index in [0.717, 1.165) is 0 Å². The molecule has 0 rings (SSSR count). The summed E-state index contributed by atoms with van der Waals surface area (Å²) in [5, 5.41) is 15.0. The normalized spacial score (nSPS) is 12.3. The van der Waals surface area contributed by atoms with Gasteiger partial charge < -0.3 is 25.9 Å². The van der Waals surface area contributed by atoms with Crippen LogP contribution in [0.15, 0.2) is 0 Å². The minimum absolute atomic E-state index is 0. The van der Waals surface area contributed by atoms with E-state index in [2.05, 4.69) is 16.0 Å². The van der Waals surface area contributed by atoms with Crippen LogP contribution in [0.1, 0.15) is 13.8 Å². The molecule has 9 heteroatoms. The number of aliphatic carboxylic acids is 1. The fraction of sp³-hybridized carbons (Fsp3) is 0.556. The summed E-state index contributed by atoms with van der Waals surface area (Å²) >= 11 is 0. The van der Waals surface area contributed by atoms with Crippen molar-refractivity contribution in [1.82, 2.24) is 16.0 Å². The average molecular weight is 501 g/mol. The van der Waals surface area contributed by atoms with Crippen LogP contribution in [0.2, 0.25) is 0 Å². The molecule has 0 radical (unpaired) electrons. The molecule has 2 atom stereocenters. The van der Waals surface area contributed by atoms with E-state index in [1.165, 1.54) is 20.3 Å². The van der Waals surface area contributed by atoms with Gasteiger partial charge in [0, 0.05) is 0 Å². The summed E-state index contributed by atoms with van der Waals surface area (Å²) in [6.45, 7) is 2.35. The molecular formula is C9H14FmN3O5-. The van der Waals surface area contributed by atoms with Crippen LogP contribution in [0, 0.1) is 0 Å². The molecule has 18 heavy (non-hydrogen) atoms. The predicted octanol–water partition coefficient (Wildman–Crippen LogP) is -2.26. The molecule has 108 valence electrons. The minimum Gasteiger partial charge on any atom is -0.520 e. The molecule has 2 unspecified atom stereocenters. The molecule has 0 bridgehead atoms. The zero-order valence-electron chi connectivity index (χ0n) is 9.73. The fourth-order valence-corrected chi connectivity index (χ4v) is 0.829. The Morgan fingerprint density at radius 2 is 1.78 bits per heavy atom. The molecule has 0 aromatic heterocycles. The standard InChI is InChI=1S/C9H14N3O5.Fm/c1-5(11-4-13)8(15)10-3-7(14)12-6(2)9(16)17;/h5-6H,3H2,1-2H3,(H,10,15)(H,11,13)(H,12,14)(H,16,17);/q-1;. The maximum Gasteiger partial charge on any atom is 0.325 e. The number of carboxylic acid groups (broad SMARTS) is 1. The number of nitrogens with one attached hydrogen (secondary N) is 3. The predicted molar refractivity (Wildman–Crippen MR) is 56.5 cm³/mol. The second kappa shape index (κ2) is 8.08. The number of hydrogen-bond acceptors (Lipinski definition) is 4. The maximum absolute atomic E-state index is 11.2. The molecule has 3 amide bonds. The topological polar surface area (TPSA) is 125 Å². The number of carboxylic acids is 1. The van der Waals surface area contributed by atoms with Crippen LogP contribution < -0.4 is 16.0 Å². The van der Waals surface area contributed by atoms with E-state index >= 15 is 0 Å². The van der Waals surface area contributed by atoms with Crippen LogP contribution in [-0.4, -0.2) is 47.9 Å². The first-order valence-corrected chi connectivity index (χ1v) is 4.81. The summed E-state index contributed by atoms with van der Waals surface area (Å²) in [7, 11) is 0. The van der Waals surface area contributed by atoms with Gasteiger partial charge in [0.1, 0.15) is 6.04 Å². The fourth-order valence-electron chi connectivity index (χ4n) is 0.829. The van der Waals surface area contributed by atoms with Crippen molar-refractivity contribution in [3.8, 4) is 0 Å². The molecule has 0 heterocycles. The zero-order chi connectivity index (χ0) is 13.4. The van der Waals surface area contributed by atoms with Crippen molar-refractivity contribution >= 4 is 24.2 Å². The smallest absolute Gasteiger partial charge is 0.325 e. The van der Waals surface area contributed by atoms with E-state index in [1.54, 1.807) is 0 Å². The third-order valence-electron chi connectivity index (χ3n) is 1.84. The molecule has 4 N–H and O–H groups in total. The average Bonchev–Trinajstić information content (AvgIpc) is 2.25. The molecule has 0 aromatic carbocycles. The Bertz CT molecular complexity index is 323. The van der Waals surface area contributed by atoms with E-state index in [9.17, 15) is 19.2 Å². The number of carbonyl (C=O) groups is 3. The Morgan fingerprint density at radius 3 is 2.22 bits per heavy atom. The summed E-state index contributed by atoms with van der Waals surface area (Å²) in [5.74, 6) is -2.36. The molecule has 0 saturated carbocycles. The zero-order valence-corrected chi connectivity index (χ0v) is 12.1. The SMILES string of the molecule is CC(NC(=O)CNC(=O)C(C)N[C-]=O)C(=O)O.[Fm]. The van der Waals surface area contributed by atoms with Crippen LogP contribution in [0.25, 0.3) is 0 Å². The van der Waals surface area contributed by atoms with Gasteiger partial charge in [0.25, 0.3) is 0 Å². The summed E-state index contributed by atoms with van der Waals surface area (Å²) < 4.78 is 0. The summed E-state index contributed by atoms with van der Waals surface area (Å²) in [4.78, 5) is 42.7. The summed E-state index contributed by atoms with van der Waals surface area (Å²) in [6.07, 6.45) is 1.34. The van der Waals surface area contributed by atoms with Gasteiger partial charge in [-0.3, -0.25) is 14.4 Å². The number of amides is 3. The van der Waals surface area contributed by atoms with Gasteiger partial charge in [-0.15, -0.1) is 0 Å². The monoisotopic (exact) mass is 501 g/mol. The first-order valence-electron chi connectivity index (χ1n) is 4.81. The second-order valence-corrected chi connectivity index (χ2v) is 3.31. The Hall–Kier alpha value is -3.12. The van der Waals surface area contributed by atoms with E-state index in [-0.39, 0.29) is 6.54 Å². The largest absolute Gasteiger partial charge is 0.520 e. The van der Waals surface area contributed by atoms with Gasteiger partial charge in [-0.2, -0.15) is 6.41 Å². The van der Waals surface area contributed by atoms with E-state index in [4.69, 9.17) is 5.11 Å². The molecule has 0 saturated heterocycles. The Kier molecular flexibility index (Phi) is 7.76. The summed E-state index contributed by atoms with van der Waals surface area (Å²) in [5.41, 5.74) is 0. The minimum atomic E-state index is -1.17. The summed E-state index contributed by atoms with van der Waals surface area (Å²) in [6, 6.07) is -1.84. The van der Waals surface area contributed by atoms with Crippen LogP contribution in [0.5, 0.6) is 0 Å². The van der Waals surface area contributed by atoms with Gasteiger partial charge in [0.05, 0.1) is 12.6 Å². The third-order valence-corrected chi connectivity index (χ3v) is 1.84. The van der Waals surface area contributed by atoms with E-state index in [1.807, 2.05) is 0 Å². The molecule has 0 aliphatic carbocycles.